The lowest BCUT2D eigenvalue weighted by Crippen LogP contribution is -2.47. The Balaban J connectivity index is 1.16. The molecule has 1 saturated heterocycles. The minimum Gasteiger partial charge on any atom is -0.497 e. The number of anilines is 1. The van der Waals surface area contributed by atoms with Gasteiger partial charge in [-0.25, -0.2) is 4.99 Å². The predicted molar refractivity (Wildman–Crippen MR) is 129 cm³/mol. The van der Waals surface area contributed by atoms with Crippen LogP contribution in [-0.4, -0.2) is 74.1 Å². The van der Waals surface area contributed by atoms with Crippen LogP contribution in [0.1, 0.15) is 6.42 Å². The zero-order valence-electron chi connectivity index (χ0n) is 18.2. The molecule has 1 aromatic carbocycles. The Bertz CT molecular complexity index is 960. The van der Waals surface area contributed by atoms with Crippen LogP contribution in [0, 0.1) is 0 Å². The van der Waals surface area contributed by atoms with E-state index in [0.717, 1.165) is 50.6 Å². The Morgan fingerprint density at radius 3 is 2.75 bits per heavy atom. The van der Waals surface area contributed by atoms with Crippen molar-refractivity contribution in [2.75, 3.05) is 51.3 Å². The van der Waals surface area contributed by atoms with E-state index >= 15 is 0 Å². The second-order valence-electron chi connectivity index (χ2n) is 7.80. The lowest BCUT2D eigenvalue weighted by Gasteiger charge is -2.36. The molecule has 3 aliphatic rings. The number of piperazine rings is 1. The molecule has 2 amide bonds. The summed E-state index contributed by atoms with van der Waals surface area (Å²) < 4.78 is 5.23. The van der Waals surface area contributed by atoms with Gasteiger partial charge in [-0.3, -0.25) is 14.5 Å². The second kappa shape index (κ2) is 10.7. The van der Waals surface area contributed by atoms with Gasteiger partial charge in [0.25, 0.3) is 5.91 Å². The molecule has 1 atom stereocenters. The van der Waals surface area contributed by atoms with Gasteiger partial charge in [0.2, 0.25) is 5.91 Å². The Hall–Kier alpha value is -2.84. The van der Waals surface area contributed by atoms with Gasteiger partial charge in [0.15, 0.2) is 0 Å². The fourth-order valence-corrected chi connectivity index (χ4v) is 4.89. The lowest BCUT2D eigenvalue weighted by molar-refractivity contribution is -0.117. The zero-order chi connectivity index (χ0) is 22.3. The number of amides is 2. The van der Waals surface area contributed by atoms with Crippen LogP contribution in [0.5, 0.6) is 5.75 Å². The Morgan fingerprint density at radius 2 is 2.00 bits per heavy atom. The number of hydrogen-bond acceptors (Lipinski definition) is 6. The number of thioether (sulfide) groups is 1. The molecule has 0 saturated carbocycles. The van der Waals surface area contributed by atoms with E-state index in [0.29, 0.717) is 11.4 Å². The zero-order valence-corrected chi connectivity index (χ0v) is 19.0. The highest BCUT2D eigenvalue weighted by molar-refractivity contribution is 8.05. The van der Waals surface area contributed by atoms with E-state index in [4.69, 9.17) is 4.74 Å². The third-order valence-electron chi connectivity index (χ3n) is 5.67. The molecule has 1 unspecified atom stereocenters. The Labute approximate surface area is 192 Å². The maximum atomic E-state index is 12.3. The summed E-state index contributed by atoms with van der Waals surface area (Å²) in [4.78, 5) is 33.7. The molecule has 1 aromatic rings. The summed E-state index contributed by atoms with van der Waals surface area (Å²) in [7, 11) is 1.68. The number of hydrogen-bond donors (Lipinski definition) is 1. The molecule has 4 rings (SSSR count). The second-order valence-corrected chi connectivity index (χ2v) is 8.99. The number of nitrogens with zero attached hydrogens (tertiary/aromatic N) is 3. The molecule has 7 nitrogen and oxygen atoms in total. The fourth-order valence-electron chi connectivity index (χ4n) is 3.88. The SMILES string of the molecule is COc1ccc(N2CCN(CCCNC(=O)/C=C3\SC4C=CC=CC4=NC3=O)CC2)cc1. The molecule has 1 N–H and O–H groups in total. The van der Waals surface area contributed by atoms with Gasteiger partial charge in [-0.05, 0) is 43.3 Å². The average molecular weight is 453 g/mol. The normalized spacial score (nSPS) is 22.0. The van der Waals surface area contributed by atoms with Gasteiger partial charge in [-0.1, -0.05) is 18.2 Å². The molecule has 1 fully saturated rings. The molecule has 0 spiro atoms. The highest BCUT2D eigenvalue weighted by atomic mass is 32.2. The van der Waals surface area contributed by atoms with Crippen LogP contribution in [0.3, 0.4) is 0 Å². The van der Waals surface area contributed by atoms with Crippen molar-refractivity contribution in [3.8, 4) is 5.75 Å². The predicted octanol–water partition coefficient (Wildman–Crippen LogP) is 2.42. The van der Waals surface area contributed by atoms with Crippen molar-refractivity contribution < 1.29 is 14.3 Å². The summed E-state index contributed by atoms with van der Waals surface area (Å²) in [6.45, 7) is 5.49. The summed E-state index contributed by atoms with van der Waals surface area (Å²) >= 11 is 1.38. The van der Waals surface area contributed by atoms with Crippen LogP contribution in [0.15, 0.2) is 64.5 Å². The van der Waals surface area contributed by atoms with E-state index in [9.17, 15) is 9.59 Å². The van der Waals surface area contributed by atoms with Crippen LogP contribution in [-0.2, 0) is 9.59 Å². The van der Waals surface area contributed by atoms with Crippen LogP contribution < -0.4 is 15.0 Å². The van der Waals surface area contributed by atoms with Crippen LogP contribution >= 0.6 is 11.8 Å². The summed E-state index contributed by atoms with van der Waals surface area (Å²) in [5, 5.41) is 2.90. The Morgan fingerprint density at radius 1 is 1.22 bits per heavy atom. The highest BCUT2D eigenvalue weighted by Crippen LogP contribution is 2.31. The van der Waals surface area contributed by atoms with Gasteiger partial charge in [0.05, 0.1) is 23.0 Å². The summed E-state index contributed by atoms with van der Waals surface area (Å²) in [6.07, 6.45) is 9.87. The van der Waals surface area contributed by atoms with Gasteiger partial charge in [-0.15, -0.1) is 11.8 Å². The number of rotatable bonds is 7. The first-order chi connectivity index (χ1) is 15.6. The van der Waals surface area contributed by atoms with Crippen molar-refractivity contribution in [3.05, 3.63) is 59.6 Å². The number of methoxy groups -OCH3 is 1. The largest absolute Gasteiger partial charge is 0.497 e. The third kappa shape index (κ3) is 5.69. The van der Waals surface area contributed by atoms with E-state index in [2.05, 4.69) is 32.2 Å². The maximum absolute atomic E-state index is 12.3. The quantitative estimate of drug-likeness (QED) is 0.506. The molecule has 2 aliphatic heterocycles. The first-order valence-electron chi connectivity index (χ1n) is 10.9. The number of allylic oxidation sites excluding steroid dienone is 3. The molecular formula is C24H28N4O3S. The number of ether oxygens (including phenoxy) is 1. The molecule has 32 heavy (non-hydrogen) atoms. The minimum atomic E-state index is -0.342. The van der Waals surface area contributed by atoms with Crippen LogP contribution in [0.4, 0.5) is 5.69 Å². The van der Waals surface area contributed by atoms with E-state index in [1.807, 2.05) is 36.4 Å². The van der Waals surface area contributed by atoms with Crippen molar-refractivity contribution in [2.24, 2.45) is 4.99 Å². The number of nitrogens with one attached hydrogen (secondary N) is 1. The van der Waals surface area contributed by atoms with Crippen LogP contribution in [0.25, 0.3) is 0 Å². The molecular weight excluding hydrogens is 424 g/mol. The highest BCUT2D eigenvalue weighted by Gasteiger charge is 2.26. The standard InChI is InChI=1S/C24H28N4O3S/c1-31-19-9-7-18(8-10-19)28-15-13-27(14-16-28)12-4-11-25-23(29)17-22-24(30)26-20-5-2-3-6-21(20)32-22/h2-3,5-10,17,21H,4,11-16H2,1H3,(H,25,29)/b22-17-. The van der Waals surface area contributed by atoms with Gasteiger partial charge in [-0.2, -0.15) is 0 Å². The fraction of sp³-hybridized carbons (Fsp3) is 0.375. The molecule has 0 bridgehead atoms. The van der Waals surface area contributed by atoms with Crippen molar-refractivity contribution >= 4 is 35.0 Å². The van der Waals surface area contributed by atoms with Crippen molar-refractivity contribution in [1.82, 2.24) is 10.2 Å². The minimum absolute atomic E-state index is 0.00771. The molecule has 8 heteroatoms. The molecule has 2 heterocycles. The number of fused-ring (bicyclic) bond motifs is 1. The number of carbonyl (C=O) groups is 2. The number of aliphatic imine (C=N–C) groups is 1. The van der Waals surface area contributed by atoms with Crippen molar-refractivity contribution in [3.63, 3.8) is 0 Å². The molecule has 0 aromatic heterocycles. The smallest absolute Gasteiger partial charge is 0.283 e. The summed E-state index contributed by atoms with van der Waals surface area (Å²) in [5.41, 5.74) is 1.96. The van der Waals surface area contributed by atoms with Crippen LogP contribution in [0.2, 0.25) is 0 Å². The molecule has 168 valence electrons. The number of carbonyl (C=O) groups excluding carboxylic acids is 2. The van der Waals surface area contributed by atoms with Crippen molar-refractivity contribution in [2.45, 2.75) is 11.7 Å². The van der Waals surface area contributed by atoms with E-state index in [-0.39, 0.29) is 17.1 Å². The topological polar surface area (TPSA) is 74.2 Å². The monoisotopic (exact) mass is 452 g/mol. The molecule has 0 radical (unpaired) electrons. The van der Waals surface area contributed by atoms with E-state index in [1.54, 1.807) is 7.11 Å². The Kier molecular flexibility index (Phi) is 7.44. The van der Waals surface area contributed by atoms with Gasteiger partial charge in [0.1, 0.15) is 5.75 Å². The first-order valence-corrected chi connectivity index (χ1v) is 11.8. The third-order valence-corrected chi connectivity index (χ3v) is 6.87. The van der Waals surface area contributed by atoms with E-state index in [1.165, 1.54) is 23.5 Å². The summed E-state index contributed by atoms with van der Waals surface area (Å²) in [6, 6.07) is 8.18. The van der Waals surface area contributed by atoms with Gasteiger partial charge in [0, 0.05) is 44.5 Å². The van der Waals surface area contributed by atoms with Gasteiger partial charge < -0.3 is 15.0 Å². The summed E-state index contributed by atoms with van der Waals surface area (Å²) in [5.74, 6) is 0.294. The average Bonchev–Trinajstić information content (AvgIpc) is 2.83. The van der Waals surface area contributed by atoms with Gasteiger partial charge >= 0.3 is 0 Å². The van der Waals surface area contributed by atoms with E-state index < -0.39 is 0 Å². The first kappa shape index (κ1) is 22.4. The lowest BCUT2D eigenvalue weighted by atomic mass is 10.1. The molecule has 1 aliphatic carbocycles. The number of benzene rings is 1. The maximum Gasteiger partial charge on any atom is 0.283 e. The van der Waals surface area contributed by atoms with Crippen molar-refractivity contribution in [1.29, 1.82) is 0 Å².